The van der Waals surface area contributed by atoms with Crippen molar-refractivity contribution in [2.75, 3.05) is 39.3 Å². The van der Waals surface area contributed by atoms with Gasteiger partial charge in [0, 0.05) is 61.4 Å². The summed E-state index contributed by atoms with van der Waals surface area (Å²) in [5, 5.41) is 5.53. The average Bonchev–Trinajstić information content (AvgIpc) is 2.89. The van der Waals surface area contributed by atoms with Gasteiger partial charge in [-0.2, -0.15) is 0 Å². The van der Waals surface area contributed by atoms with Gasteiger partial charge in [0.15, 0.2) is 0 Å². The molecule has 1 aromatic heterocycles. The van der Waals surface area contributed by atoms with Gasteiger partial charge in [-0.1, -0.05) is 17.7 Å². The van der Waals surface area contributed by atoms with Crippen molar-refractivity contribution in [2.45, 2.75) is 19.4 Å². The van der Waals surface area contributed by atoms with Crippen molar-refractivity contribution in [1.29, 1.82) is 0 Å². The Balaban J connectivity index is 1.78. The molecule has 0 amide bonds. The van der Waals surface area contributed by atoms with Crippen LogP contribution in [-0.4, -0.2) is 48.7 Å². The van der Waals surface area contributed by atoms with Gasteiger partial charge in [-0.05, 0) is 37.1 Å². The van der Waals surface area contributed by atoms with Crippen LogP contribution in [0.5, 0.6) is 0 Å². The van der Waals surface area contributed by atoms with Crippen LogP contribution >= 0.6 is 11.6 Å². The van der Waals surface area contributed by atoms with Crippen molar-refractivity contribution in [3.05, 3.63) is 35.0 Å². The Bertz CT molecular complexity index is 616. The number of hydrogen-bond donors (Lipinski definition) is 2. The molecule has 2 aromatic rings. The van der Waals surface area contributed by atoms with Gasteiger partial charge >= 0.3 is 0 Å². The third-order valence-corrected chi connectivity index (χ3v) is 4.67. The van der Waals surface area contributed by atoms with Crippen molar-refractivity contribution in [2.24, 2.45) is 5.73 Å². The Kier molecular flexibility index (Phi) is 5.37. The Labute approximate surface area is 137 Å². The zero-order valence-corrected chi connectivity index (χ0v) is 13.8. The smallest absolute Gasteiger partial charge is 0.0498 e. The fraction of sp³-hybridized carbons (Fsp3) is 0.529. The third kappa shape index (κ3) is 3.63. The van der Waals surface area contributed by atoms with Gasteiger partial charge in [-0.15, -0.1) is 0 Å². The summed E-state index contributed by atoms with van der Waals surface area (Å²) in [6.45, 7) is 7.31. The first-order valence-corrected chi connectivity index (χ1v) is 8.56. The van der Waals surface area contributed by atoms with E-state index < -0.39 is 0 Å². The molecule has 1 aliphatic heterocycles. The number of fused-ring (bicyclic) bond motifs is 1. The van der Waals surface area contributed by atoms with E-state index in [1.54, 1.807) is 0 Å². The molecule has 22 heavy (non-hydrogen) atoms. The highest BCUT2D eigenvalue weighted by atomic mass is 35.5. The monoisotopic (exact) mass is 320 g/mol. The zero-order chi connectivity index (χ0) is 15.4. The Morgan fingerprint density at radius 1 is 1.18 bits per heavy atom. The molecule has 2 heterocycles. The first-order chi connectivity index (χ1) is 10.8. The summed E-state index contributed by atoms with van der Waals surface area (Å²) < 4.78 is 2.31. The minimum absolute atomic E-state index is 0.719. The molecule has 0 atom stereocenters. The number of piperazine rings is 1. The first kappa shape index (κ1) is 15.8. The number of aryl methyl sites for hydroxylation is 1. The summed E-state index contributed by atoms with van der Waals surface area (Å²) in [5.41, 5.74) is 8.31. The van der Waals surface area contributed by atoms with Crippen LogP contribution in [0.2, 0.25) is 5.02 Å². The summed E-state index contributed by atoms with van der Waals surface area (Å²) in [6.07, 6.45) is 4.38. The van der Waals surface area contributed by atoms with E-state index in [-0.39, 0.29) is 0 Å². The molecule has 0 unspecified atom stereocenters. The predicted octanol–water partition coefficient (Wildman–Crippen LogP) is 2.09. The SMILES string of the molecule is NCCCn1cc(CCN2CCNCC2)c2ccc(Cl)cc21. The Hall–Kier alpha value is -1.07. The van der Waals surface area contributed by atoms with E-state index in [4.69, 9.17) is 17.3 Å². The van der Waals surface area contributed by atoms with Crippen molar-refractivity contribution in [3.8, 4) is 0 Å². The van der Waals surface area contributed by atoms with E-state index >= 15 is 0 Å². The van der Waals surface area contributed by atoms with E-state index in [1.807, 2.05) is 6.07 Å². The molecule has 0 radical (unpaired) electrons. The molecule has 0 saturated carbocycles. The number of nitrogens with one attached hydrogen (secondary N) is 1. The van der Waals surface area contributed by atoms with Crippen LogP contribution in [-0.2, 0) is 13.0 Å². The molecule has 1 saturated heterocycles. The summed E-state index contributed by atoms with van der Waals surface area (Å²) in [4.78, 5) is 2.54. The van der Waals surface area contributed by atoms with Crippen molar-refractivity contribution < 1.29 is 0 Å². The van der Waals surface area contributed by atoms with Crippen molar-refractivity contribution in [1.82, 2.24) is 14.8 Å². The van der Waals surface area contributed by atoms with E-state index in [0.717, 1.165) is 63.7 Å². The number of nitrogens with two attached hydrogens (primary N) is 1. The second-order valence-corrected chi connectivity index (χ2v) is 6.43. The predicted molar refractivity (Wildman–Crippen MR) is 93.6 cm³/mol. The van der Waals surface area contributed by atoms with Crippen LogP contribution in [0, 0.1) is 0 Å². The molecule has 3 rings (SSSR count). The molecular formula is C17H25ClN4. The number of nitrogens with zero attached hydrogens (tertiary/aromatic N) is 2. The number of rotatable bonds is 6. The highest BCUT2D eigenvalue weighted by molar-refractivity contribution is 6.31. The van der Waals surface area contributed by atoms with E-state index in [2.05, 4.69) is 33.1 Å². The molecule has 0 spiro atoms. The van der Waals surface area contributed by atoms with Crippen molar-refractivity contribution in [3.63, 3.8) is 0 Å². The van der Waals surface area contributed by atoms with Gasteiger partial charge in [0.1, 0.15) is 0 Å². The fourth-order valence-corrected chi connectivity index (χ4v) is 3.37. The molecule has 0 aliphatic carbocycles. The molecule has 3 N–H and O–H groups in total. The van der Waals surface area contributed by atoms with Gasteiger partial charge in [0.2, 0.25) is 0 Å². The molecule has 5 heteroatoms. The van der Waals surface area contributed by atoms with Crippen LogP contribution in [0.1, 0.15) is 12.0 Å². The van der Waals surface area contributed by atoms with Crippen LogP contribution in [0.15, 0.2) is 24.4 Å². The third-order valence-electron chi connectivity index (χ3n) is 4.44. The van der Waals surface area contributed by atoms with Crippen LogP contribution < -0.4 is 11.1 Å². The number of hydrogen-bond acceptors (Lipinski definition) is 3. The van der Waals surface area contributed by atoms with Gasteiger partial charge in [-0.25, -0.2) is 0 Å². The molecule has 120 valence electrons. The summed E-state index contributed by atoms with van der Waals surface area (Å²) in [6, 6.07) is 6.22. The molecule has 1 fully saturated rings. The molecule has 4 nitrogen and oxygen atoms in total. The fourth-order valence-electron chi connectivity index (χ4n) is 3.20. The first-order valence-electron chi connectivity index (χ1n) is 8.18. The summed E-state index contributed by atoms with van der Waals surface area (Å²) >= 11 is 6.18. The van der Waals surface area contributed by atoms with Gasteiger partial charge < -0.3 is 20.5 Å². The number of benzene rings is 1. The normalized spacial score (nSPS) is 16.5. The van der Waals surface area contributed by atoms with E-state index in [1.165, 1.54) is 16.5 Å². The lowest BCUT2D eigenvalue weighted by atomic mass is 10.1. The summed E-state index contributed by atoms with van der Waals surface area (Å²) in [5.74, 6) is 0. The minimum atomic E-state index is 0.719. The topological polar surface area (TPSA) is 46.2 Å². The lowest BCUT2D eigenvalue weighted by molar-refractivity contribution is 0.244. The Morgan fingerprint density at radius 3 is 2.77 bits per heavy atom. The van der Waals surface area contributed by atoms with E-state index in [0.29, 0.717) is 0 Å². The van der Waals surface area contributed by atoms with E-state index in [9.17, 15) is 0 Å². The quantitative estimate of drug-likeness (QED) is 0.857. The molecule has 0 bridgehead atoms. The van der Waals surface area contributed by atoms with Gasteiger partial charge in [0.05, 0.1) is 0 Å². The van der Waals surface area contributed by atoms with Crippen molar-refractivity contribution >= 4 is 22.5 Å². The van der Waals surface area contributed by atoms with Crippen LogP contribution in [0.4, 0.5) is 0 Å². The molecule has 1 aromatic carbocycles. The van der Waals surface area contributed by atoms with Gasteiger partial charge in [0.25, 0.3) is 0 Å². The minimum Gasteiger partial charge on any atom is -0.347 e. The molecule has 1 aliphatic rings. The maximum absolute atomic E-state index is 6.18. The maximum Gasteiger partial charge on any atom is 0.0498 e. The lowest BCUT2D eigenvalue weighted by Gasteiger charge is -2.26. The highest BCUT2D eigenvalue weighted by Gasteiger charge is 2.13. The average molecular weight is 321 g/mol. The van der Waals surface area contributed by atoms with Gasteiger partial charge in [-0.3, -0.25) is 0 Å². The standard InChI is InChI=1S/C17H25ClN4/c18-15-2-3-16-14(4-9-21-10-6-20-7-11-21)13-22(8-1-5-19)17(16)12-15/h2-3,12-13,20H,1,4-11,19H2. The zero-order valence-electron chi connectivity index (χ0n) is 13.0. The Morgan fingerprint density at radius 2 is 2.00 bits per heavy atom. The second kappa shape index (κ2) is 7.47. The lowest BCUT2D eigenvalue weighted by Crippen LogP contribution is -2.44. The summed E-state index contributed by atoms with van der Waals surface area (Å²) in [7, 11) is 0. The van der Waals surface area contributed by atoms with Crippen LogP contribution in [0.3, 0.4) is 0 Å². The highest BCUT2D eigenvalue weighted by Crippen LogP contribution is 2.25. The largest absolute Gasteiger partial charge is 0.347 e. The molecular weight excluding hydrogens is 296 g/mol. The number of aromatic nitrogens is 1. The number of halogens is 1. The maximum atomic E-state index is 6.18. The second-order valence-electron chi connectivity index (χ2n) is 5.99. The van der Waals surface area contributed by atoms with Crippen LogP contribution in [0.25, 0.3) is 10.9 Å².